The second kappa shape index (κ2) is 6.36. The van der Waals surface area contributed by atoms with E-state index in [1.807, 2.05) is 6.07 Å². The van der Waals surface area contributed by atoms with Gasteiger partial charge in [0.05, 0.1) is 22.1 Å². The van der Waals surface area contributed by atoms with Gasteiger partial charge in [-0.2, -0.15) is 18.4 Å². The van der Waals surface area contributed by atoms with Crippen LogP contribution < -0.4 is 4.74 Å². The Bertz CT molecular complexity index is 765. The Kier molecular flexibility index (Phi) is 4.50. The average molecular weight is 322 g/mol. The molecule has 118 valence electrons. The van der Waals surface area contributed by atoms with Crippen molar-refractivity contribution < 1.29 is 22.8 Å². The lowest BCUT2D eigenvalue weighted by atomic mass is 10.1. The summed E-state index contributed by atoms with van der Waals surface area (Å²) in [7, 11) is 0. The van der Waals surface area contributed by atoms with Crippen molar-refractivity contribution in [3.05, 3.63) is 69.3 Å². The molecule has 0 bridgehead atoms. The molecule has 0 spiro atoms. The van der Waals surface area contributed by atoms with Gasteiger partial charge in [0.2, 0.25) is 0 Å². The number of hydrogen-bond donors (Lipinski definition) is 0. The van der Waals surface area contributed by atoms with Crippen LogP contribution >= 0.6 is 0 Å². The summed E-state index contributed by atoms with van der Waals surface area (Å²) >= 11 is 0. The molecule has 0 aliphatic carbocycles. The second-order valence-electron chi connectivity index (χ2n) is 4.52. The Balaban J connectivity index is 2.27. The maximum atomic E-state index is 12.9. The third kappa shape index (κ3) is 3.97. The number of nitrogens with zero attached hydrogens (tertiary/aromatic N) is 2. The van der Waals surface area contributed by atoms with Gasteiger partial charge in [0.15, 0.2) is 0 Å². The molecule has 0 amide bonds. The van der Waals surface area contributed by atoms with E-state index < -0.39 is 29.0 Å². The van der Waals surface area contributed by atoms with E-state index in [4.69, 9.17) is 10.00 Å². The highest BCUT2D eigenvalue weighted by Crippen LogP contribution is 2.34. The minimum Gasteiger partial charge on any atom is -0.489 e. The zero-order valence-electron chi connectivity index (χ0n) is 11.5. The summed E-state index contributed by atoms with van der Waals surface area (Å²) in [5.74, 6) is 0.253. The molecule has 0 aromatic heterocycles. The third-order valence-electron chi connectivity index (χ3n) is 2.98. The monoisotopic (exact) mass is 322 g/mol. The lowest BCUT2D eigenvalue weighted by Gasteiger charge is -2.13. The molecule has 2 aromatic rings. The summed E-state index contributed by atoms with van der Waals surface area (Å²) in [4.78, 5) is 9.94. The fourth-order valence-electron chi connectivity index (χ4n) is 1.88. The van der Waals surface area contributed by atoms with Crippen molar-refractivity contribution in [1.29, 1.82) is 5.26 Å². The van der Waals surface area contributed by atoms with Crippen LogP contribution in [0.25, 0.3) is 0 Å². The highest BCUT2D eigenvalue weighted by atomic mass is 19.4. The van der Waals surface area contributed by atoms with Crippen LogP contribution in [0.2, 0.25) is 0 Å². The number of halogens is 3. The van der Waals surface area contributed by atoms with Crippen molar-refractivity contribution in [2.75, 3.05) is 0 Å². The van der Waals surface area contributed by atoms with E-state index in [2.05, 4.69) is 0 Å². The van der Waals surface area contributed by atoms with E-state index in [-0.39, 0.29) is 11.3 Å². The van der Waals surface area contributed by atoms with Crippen molar-refractivity contribution in [2.24, 2.45) is 0 Å². The standard InChI is InChI=1S/C15H9F3N2O3/c16-15(17,18)14-6-3-12(20(21)22)7-11(14)9-23-13-4-1-10(8-19)2-5-13/h1-7H,9H2. The van der Waals surface area contributed by atoms with Crippen molar-refractivity contribution in [2.45, 2.75) is 12.8 Å². The Morgan fingerprint density at radius 3 is 2.35 bits per heavy atom. The van der Waals surface area contributed by atoms with Crippen LogP contribution in [-0.2, 0) is 12.8 Å². The molecule has 0 aliphatic heterocycles. The predicted molar refractivity (Wildman–Crippen MR) is 73.6 cm³/mol. The molecule has 0 unspecified atom stereocenters. The Hall–Kier alpha value is -3.08. The molecule has 23 heavy (non-hydrogen) atoms. The fourth-order valence-corrected chi connectivity index (χ4v) is 1.88. The average Bonchev–Trinajstić information content (AvgIpc) is 2.52. The van der Waals surface area contributed by atoms with Gasteiger partial charge in [0.25, 0.3) is 5.69 Å². The SMILES string of the molecule is N#Cc1ccc(OCc2cc([N+](=O)[O-])ccc2C(F)(F)F)cc1. The van der Waals surface area contributed by atoms with Crippen LogP contribution in [0.5, 0.6) is 5.75 Å². The van der Waals surface area contributed by atoms with Crippen LogP contribution in [0, 0.1) is 21.4 Å². The Labute approximate surface area is 128 Å². The zero-order chi connectivity index (χ0) is 17.0. The Morgan fingerprint density at radius 1 is 1.17 bits per heavy atom. The zero-order valence-corrected chi connectivity index (χ0v) is 11.5. The number of nitro benzene ring substituents is 1. The molecule has 0 aliphatic rings. The molecule has 0 atom stereocenters. The number of nitriles is 1. The van der Waals surface area contributed by atoms with Crippen molar-refractivity contribution in [3.8, 4) is 11.8 Å². The normalized spacial score (nSPS) is 10.9. The molecule has 0 saturated heterocycles. The Morgan fingerprint density at radius 2 is 1.83 bits per heavy atom. The number of rotatable bonds is 4. The molecule has 8 heteroatoms. The van der Waals surface area contributed by atoms with Gasteiger partial charge in [-0.3, -0.25) is 10.1 Å². The van der Waals surface area contributed by atoms with Crippen molar-refractivity contribution in [3.63, 3.8) is 0 Å². The largest absolute Gasteiger partial charge is 0.489 e. The molecule has 5 nitrogen and oxygen atoms in total. The van der Waals surface area contributed by atoms with Gasteiger partial charge in [-0.1, -0.05) is 0 Å². The lowest BCUT2D eigenvalue weighted by Crippen LogP contribution is -2.11. The van der Waals surface area contributed by atoms with Gasteiger partial charge in [-0.25, -0.2) is 0 Å². The summed E-state index contributed by atoms with van der Waals surface area (Å²) in [5.41, 5.74) is -1.40. The van der Waals surface area contributed by atoms with E-state index in [9.17, 15) is 23.3 Å². The summed E-state index contributed by atoms with van der Waals surface area (Å²) < 4.78 is 44.1. The first-order chi connectivity index (χ1) is 10.8. The topological polar surface area (TPSA) is 76.2 Å². The second-order valence-corrected chi connectivity index (χ2v) is 4.52. The van der Waals surface area contributed by atoms with E-state index in [0.717, 1.165) is 12.1 Å². The molecular formula is C15H9F3N2O3. The minimum atomic E-state index is -4.64. The molecule has 0 radical (unpaired) electrons. The first-order valence-electron chi connectivity index (χ1n) is 6.29. The van der Waals surface area contributed by atoms with E-state index in [0.29, 0.717) is 11.6 Å². The van der Waals surface area contributed by atoms with Gasteiger partial charge in [0, 0.05) is 17.7 Å². The van der Waals surface area contributed by atoms with E-state index in [1.54, 1.807) is 0 Å². The van der Waals surface area contributed by atoms with Gasteiger partial charge < -0.3 is 4.74 Å². The van der Waals surface area contributed by atoms with Crippen LogP contribution in [0.15, 0.2) is 42.5 Å². The predicted octanol–water partition coefficient (Wildman–Crippen LogP) is 4.06. The summed E-state index contributed by atoms with van der Waals surface area (Å²) in [5, 5.41) is 19.4. The summed E-state index contributed by atoms with van der Waals surface area (Å²) in [6.45, 7) is -0.484. The number of non-ortho nitro benzene ring substituents is 1. The number of hydrogen-bond acceptors (Lipinski definition) is 4. The highest BCUT2D eigenvalue weighted by Gasteiger charge is 2.34. The van der Waals surface area contributed by atoms with Gasteiger partial charge in [-0.15, -0.1) is 0 Å². The number of ether oxygens (including phenoxy) is 1. The molecule has 0 fully saturated rings. The van der Waals surface area contributed by atoms with Crippen LogP contribution in [0.1, 0.15) is 16.7 Å². The molecule has 0 heterocycles. The van der Waals surface area contributed by atoms with Crippen LogP contribution in [-0.4, -0.2) is 4.92 Å². The molecule has 0 N–H and O–H groups in total. The first-order valence-corrected chi connectivity index (χ1v) is 6.29. The van der Waals surface area contributed by atoms with Crippen LogP contribution in [0.3, 0.4) is 0 Å². The number of nitro groups is 1. The number of alkyl halides is 3. The molecule has 2 rings (SSSR count). The van der Waals surface area contributed by atoms with Crippen LogP contribution in [0.4, 0.5) is 18.9 Å². The maximum absolute atomic E-state index is 12.9. The van der Waals surface area contributed by atoms with Crippen molar-refractivity contribution in [1.82, 2.24) is 0 Å². The third-order valence-corrected chi connectivity index (χ3v) is 2.98. The lowest BCUT2D eigenvalue weighted by molar-refractivity contribution is -0.385. The minimum absolute atomic E-state index is 0.253. The highest BCUT2D eigenvalue weighted by molar-refractivity contribution is 5.41. The number of benzene rings is 2. The summed E-state index contributed by atoms with van der Waals surface area (Å²) in [6.07, 6.45) is -4.64. The van der Waals surface area contributed by atoms with E-state index in [1.165, 1.54) is 24.3 Å². The smallest absolute Gasteiger partial charge is 0.416 e. The van der Waals surface area contributed by atoms with Gasteiger partial charge >= 0.3 is 6.18 Å². The molecular weight excluding hydrogens is 313 g/mol. The van der Waals surface area contributed by atoms with E-state index >= 15 is 0 Å². The quantitative estimate of drug-likeness (QED) is 0.628. The molecule has 2 aromatic carbocycles. The molecule has 0 saturated carbocycles. The first kappa shape index (κ1) is 16.3. The summed E-state index contributed by atoms with van der Waals surface area (Å²) in [6, 6.07) is 9.97. The van der Waals surface area contributed by atoms with Gasteiger partial charge in [-0.05, 0) is 30.3 Å². The van der Waals surface area contributed by atoms with Gasteiger partial charge in [0.1, 0.15) is 12.4 Å². The van der Waals surface area contributed by atoms with Crippen molar-refractivity contribution >= 4 is 5.69 Å². The fraction of sp³-hybridized carbons (Fsp3) is 0.133. The maximum Gasteiger partial charge on any atom is 0.416 e.